The molecule has 0 aliphatic heterocycles. The van der Waals surface area contributed by atoms with Crippen molar-refractivity contribution in [3.63, 3.8) is 0 Å². The van der Waals surface area contributed by atoms with Crippen LogP contribution in [0.1, 0.15) is 65.5 Å². The highest BCUT2D eigenvalue weighted by atomic mass is 16.1. The number of carbonyl (C=O) groups is 1. The number of carbonyl (C=O) groups excluding carboxylic acids is 1. The van der Waals surface area contributed by atoms with Gasteiger partial charge in [-0.05, 0) is 37.8 Å². The topological polar surface area (TPSA) is 55.1 Å². The van der Waals surface area contributed by atoms with Gasteiger partial charge in [-0.25, -0.2) is 0 Å². The number of hydrogen-bond donors (Lipinski definition) is 2. The lowest BCUT2D eigenvalue weighted by molar-refractivity contribution is -0.129. The summed E-state index contributed by atoms with van der Waals surface area (Å²) in [4.78, 5) is 12.9. The lowest BCUT2D eigenvalue weighted by Crippen LogP contribution is -2.53. The van der Waals surface area contributed by atoms with Crippen molar-refractivity contribution < 1.29 is 4.79 Å². The molecule has 3 nitrogen and oxygen atoms in total. The van der Waals surface area contributed by atoms with Gasteiger partial charge in [0, 0.05) is 17.5 Å². The van der Waals surface area contributed by atoms with Gasteiger partial charge in [-0.2, -0.15) is 0 Å². The first kappa shape index (κ1) is 19.9. The van der Waals surface area contributed by atoms with Crippen LogP contribution in [0.2, 0.25) is 0 Å². The summed E-state index contributed by atoms with van der Waals surface area (Å²) in [5.41, 5.74) is 7.55. The van der Waals surface area contributed by atoms with Crippen molar-refractivity contribution in [1.29, 1.82) is 0 Å². The predicted octanol–water partition coefficient (Wildman–Crippen LogP) is 3.84. The molecule has 1 aromatic rings. The fraction of sp³-hybridized carbons (Fsp3) is 0.650. The molecule has 3 heteroatoms. The standard InChI is InChI=1S/C20H34N2O/c1-7-12-20(5,6)22-17(18(23)19(2,3)4)13-15-8-10-16(14-21)11-9-15/h8-11,17,22H,7,12-14,21H2,1-6H3/t17-/m0/s1. The van der Waals surface area contributed by atoms with Crippen molar-refractivity contribution in [3.05, 3.63) is 35.4 Å². The summed E-state index contributed by atoms with van der Waals surface area (Å²) in [7, 11) is 0. The predicted molar refractivity (Wildman–Crippen MR) is 98.4 cm³/mol. The molecule has 0 spiro atoms. The van der Waals surface area contributed by atoms with Crippen LogP contribution in [0.4, 0.5) is 0 Å². The van der Waals surface area contributed by atoms with Crippen LogP contribution in [0.25, 0.3) is 0 Å². The normalized spacial score (nSPS) is 13.9. The molecule has 0 bridgehead atoms. The van der Waals surface area contributed by atoms with E-state index in [0.717, 1.165) is 18.4 Å². The van der Waals surface area contributed by atoms with Crippen LogP contribution in [0.15, 0.2) is 24.3 Å². The average Bonchev–Trinajstić information content (AvgIpc) is 2.45. The van der Waals surface area contributed by atoms with Crippen LogP contribution < -0.4 is 11.1 Å². The molecule has 0 unspecified atom stereocenters. The molecule has 23 heavy (non-hydrogen) atoms. The van der Waals surface area contributed by atoms with Crippen LogP contribution in [-0.4, -0.2) is 17.4 Å². The first-order chi connectivity index (χ1) is 10.6. The second-order valence-corrected chi connectivity index (χ2v) is 8.17. The van der Waals surface area contributed by atoms with E-state index in [0.29, 0.717) is 13.0 Å². The Balaban J connectivity index is 2.96. The summed E-state index contributed by atoms with van der Waals surface area (Å²) in [5.74, 6) is 0.268. The smallest absolute Gasteiger partial charge is 0.155 e. The Morgan fingerprint density at radius 2 is 1.61 bits per heavy atom. The van der Waals surface area contributed by atoms with Gasteiger partial charge in [0.15, 0.2) is 5.78 Å². The van der Waals surface area contributed by atoms with Gasteiger partial charge < -0.3 is 11.1 Å². The number of hydrogen-bond acceptors (Lipinski definition) is 3. The molecular formula is C20H34N2O. The van der Waals surface area contributed by atoms with E-state index >= 15 is 0 Å². The largest absolute Gasteiger partial charge is 0.326 e. The summed E-state index contributed by atoms with van der Waals surface area (Å²) in [5, 5.41) is 3.60. The lowest BCUT2D eigenvalue weighted by atomic mass is 9.82. The highest BCUT2D eigenvalue weighted by Crippen LogP contribution is 2.22. The molecule has 3 N–H and O–H groups in total. The van der Waals surface area contributed by atoms with Gasteiger partial charge in [0.25, 0.3) is 0 Å². The SMILES string of the molecule is CCCC(C)(C)N[C@@H](Cc1ccc(CN)cc1)C(=O)C(C)(C)C. The third-order valence-corrected chi connectivity index (χ3v) is 4.19. The van der Waals surface area contributed by atoms with Gasteiger partial charge in [0.2, 0.25) is 0 Å². The number of rotatable bonds is 8. The summed E-state index contributed by atoms with van der Waals surface area (Å²) >= 11 is 0. The van der Waals surface area contributed by atoms with Crippen molar-refractivity contribution in [3.8, 4) is 0 Å². The minimum atomic E-state index is -0.350. The molecule has 0 aliphatic carbocycles. The van der Waals surface area contributed by atoms with Crippen LogP contribution >= 0.6 is 0 Å². The molecule has 0 saturated carbocycles. The van der Waals surface area contributed by atoms with Gasteiger partial charge in [0.1, 0.15) is 0 Å². The summed E-state index contributed by atoms with van der Waals surface area (Å²) in [6.45, 7) is 13.1. The third-order valence-electron chi connectivity index (χ3n) is 4.19. The molecule has 1 atom stereocenters. The molecule has 0 amide bonds. The summed E-state index contributed by atoms with van der Waals surface area (Å²) < 4.78 is 0. The van der Waals surface area contributed by atoms with E-state index in [4.69, 9.17) is 5.73 Å². The first-order valence-electron chi connectivity index (χ1n) is 8.69. The number of ketones is 1. The van der Waals surface area contributed by atoms with Crippen molar-refractivity contribution in [1.82, 2.24) is 5.32 Å². The summed E-state index contributed by atoms with van der Waals surface area (Å²) in [6.07, 6.45) is 2.86. The van der Waals surface area contributed by atoms with E-state index in [9.17, 15) is 4.79 Å². The molecule has 130 valence electrons. The highest BCUT2D eigenvalue weighted by molar-refractivity contribution is 5.89. The van der Waals surface area contributed by atoms with Gasteiger partial charge in [-0.1, -0.05) is 58.4 Å². The maximum atomic E-state index is 12.9. The molecule has 0 radical (unpaired) electrons. The maximum absolute atomic E-state index is 12.9. The quantitative estimate of drug-likeness (QED) is 0.765. The molecule has 1 rings (SSSR count). The van der Waals surface area contributed by atoms with Gasteiger partial charge in [0.05, 0.1) is 6.04 Å². The Bertz CT molecular complexity index is 497. The highest BCUT2D eigenvalue weighted by Gasteiger charge is 2.33. The molecule has 0 heterocycles. The van der Waals surface area contributed by atoms with Crippen LogP contribution in [0.3, 0.4) is 0 Å². The second kappa shape index (κ2) is 8.07. The van der Waals surface area contributed by atoms with Crippen molar-refractivity contribution in [2.24, 2.45) is 11.1 Å². The van der Waals surface area contributed by atoms with E-state index in [1.807, 2.05) is 32.9 Å². The molecular weight excluding hydrogens is 284 g/mol. The number of Topliss-reactive ketones (excluding diaryl/α,β-unsaturated/α-hetero) is 1. The molecule has 0 fully saturated rings. The van der Waals surface area contributed by atoms with Crippen molar-refractivity contribution in [2.45, 2.75) is 78.9 Å². The summed E-state index contributed by atoms with van der Waals surface area (Å²) in [6, 6.07) is 8.09. The van der Waals surface area contributed by atoms with Gasteiger partial charge >= 0.3 is 0 Å². The van der Waals surface area contributed by atoms with E-state index in [2.05, 4.69) is 38.2 Å². The zero-order valence-corrected chi connectivity index (χ0v) is 15.7. The van der Waals surface area contributed by atoms with Crippen LogP contribution in [-0.2, 0) is 17.8 Å². The van der Waals surface area contributed by atoms with Crippen LogP contribution in [0.5, 0.6) is 0 Å². The third kappa shape index (κ3) is 6.44. The minimum absolute atomic E-state index is 0.0441. The van der Waals surface area contributed by atoms with Crippen molar-refractivity contribution in [2.75, 3.05) is 0 Å². The minimum Gasteiger partial charge on any atom is -0.326 e. The molecule has 1 aromatic carbocycles. The van der Waals surface area contributed by atoms with E-state index < -0.39 is 0 Å². The van der Waals surface area contributed by atoms with E-state index in [1.54, 1.807) is 0 Å². The Kier molecular flexibility index (Phi) is 6.97. The fourth-order valence-corrected chi connectivity index (χ4v) is 2.95. The molecule has 0 saturated heterocycles. The maximum Gasteiger partial charge on any atom is 0.155 e. The molecule has 0 aromatic heterocycles. The van der Waals surface area contributed by atoms with Gasteiger partial charge in [-0.15, -0.1) is 0 Å². The fourth-order valence-electron chi connectivity index (χ4n) is 2.95. The zero-order chi connectivity index (χ0) is 17.7. The lowest BCUT2D eigenvalue weighted by Gasteiger charge is -2.34. The first-order valence-corrected chi connectivity index (χ1v) is 8.69. The van der Waals surface area contributed by atoms with Crippen molar-refractivity contribution >= 4 is 5.78 Å². The second-order valence-electron chi connectivity index (χ2n) is 8.17. The Labute approximate surface area is 142 Å². The zero-order valence-electron chi connectivity index (χ0n) is 15.7. The number of nitrogens with two attached hydrogens (primary N) is 1. The monoisotopic (exact) mass is 318 g/mol. The van der Waals surface area contributed by atoms with Gasteiger partial charge in [-0.3, -0.25) is 4.79 Å². The van der Waals surface area contributed by atoms with E-state index in [1.165, 1.54) is 5.56 Å². The van der Waals surface area contributed by atoms with Crippen LogP contribution in [0, 0.1) is 5.41 Å². The Hall–Kier alpha value is -1.19. The number of benzene rings is 1. The van der Waals surface area contributed by atoms with E-state index in [-0.39, 0.29) is 22.8 Å². The number of nitrogens with one attached hydrogen (secondary N) is 1. The Morgan fingerprint density at radius 3 is 2.04 bits per heavy atom. The average molecular weight is 319 g/mol. The Morgan fingerprint density at radius 1 is 1.09 bits per heavy atom. The molecule has 0 aliphatic rings.